The Bertz CT molecular complexity index is 1220. The molecule has 2 aromatic carbocycles. The van der Waals surface area contributed by atoms with E-state index in [0.717, 1.165) is 82.1 Å². The first-order valence-electron chi connectivity index (χ1n) is 13.2. The lowest BCUT2D eigenvalue weighted by Crippen LogP contribution is -2.46. The van der Waals surface area contributed by atoms with Crippen molar-refractivity contribution in [2.24, 2.45) is 0 Å². The van der Waals surface area contributed by atoms with Gasteiger partial charge in [0.2, 0.25) is 5.91 Å². The van der Waals surface area contributed by atoms with Gasteiger partial charge in [0.05, 0.1) is 18.5 Å². The fourth-order valence-electron chi connectivity index (χ4n) is 5.48. The smallest absolute Gasteiger partial charge is 0.219 e. The lowest BCUT2D eigenvalue weighted by atomic mass is 10.0. The quantitative estimate of drug-likeness (QED) is 0.401. The summed E-state index contributed by atoms with van der Waals surface area (Å²) >= 11 is 6.12. The predicted octanol–water partition coefficient (Wildman–Crippen LogP) is 4.72. The highest BCUT2D eigenvalue weighted by atomic mass is 35.5. The van der Waals surface area contributed by atoms with E-state index in [4.69, 9.17) is 21.4 Å². The Morgan fingerprint density at radius 3 is 2.43 bits per heavy atom. The normalized spacial score (nSPS) is 16.1. The Kier molecular flexibility index (Phi) is 8.01. The SMILES string of the molecule is COc1ccccc1N1CCN(CCCCn2nc(-c3ccc(Cl)cc3)c3c2CCN(C(C)=O)C3)CC1. The van der Waals surface area contributed by atoms with Crippen molar-refractivity contribution in [2.75, 3.05) is 51.3 Å². The van der Waals surface area contributed by atoms with Crippen LogP contribution in [-0.2, 0) is 24.3 Å². The van der Waals surface area contributed by atoms with Gasteiger partial charge in [-0.15, -0.1) is 0 Å². The van der Waals surface area contributed by atoms with E-state index in [1.54, 1.807) is 14.0 Å². The number of anilines is 1. The Balaban J connectivity index is 1.18. The van der Waals surface area contributed by atoms with Gasteiger partial charge in [-0.3, -0.25) is 14.4 Å². The van der Waals surface area contributed by atoms with E-state index in [-0.39, 0.29) is 5.91 Å². The minimum absolute atomic E-state index is 0.117. The van der Waals surface area contributed by atoms with Crippen LogP contribution in [-0.4, -0.2) is 71.9 Å². The van der Waals surface area contributed by atoms with Gasteiger partial charge in [0.1, 0.15) is 5.75 Å². The standard InChI is InChI=1S/C29H36ClN5O2/c1-22(36)34-16-13-26-25(21-34)29(23-9-11-24(30)12-10-23)31-35(26)15-6-5-14-32-17-19-33(20-18-32)27-7-3-4-8-28(27)37-2/h3-4,7-12H,5-6,13-21H2,1-2H3. The van der Waals surface area contributed by atoms with Crippen molar-refractivity contribution in [3.8, 4) is 17.0 Å². The number of piperazine rings is 1. The number of carbonyl (C=O) groups is 1. The summed E-state index contributed by atoms with van der Waals surface area (Å²) in [4.78, 5) is 19.0. The van der Waals surface area contributed by atoms with Crippen molar-refractivity contribution in [2.45, 2.75) is 39.3 Å². The third-order valence-corrected chi connectivity index (χ3v) is 7.84. The molecule has 3 aromatic rings. The summed E-state index contributed by atoms with van der Waals surface area (Å²) in [5.41, 5.74) is 5.67. The lowest BCUT2D eigenvalue weighted by molar-refractivity contribution is -0.129. The zero-order valence-electron chi connectivity index (χ0n) is 21.8. The first kappa shape index (κ1) is 25.6. The van der Waals surface area contributed by atoms with Gasteiger partial charge in [-0.2, -0.15) is 5.10 Å². The maximum atomic E-state index is 12.1. The second-order valence-corrected chi connectivity index (χ2v) is 10.3. The summed E-state index contributed by atoms with van der Waals surface area (Å²) in [6.07, 6.45) is 3.07. The van der Waals surface area contributed by atoms with Crippen molar-refractivity contribution in [3.63, 3.8) is 0 Å². The van der Waals surface area contributed by atoms with Gasteiger partial charge in [-0.05, 0) is 43.7 Å². The van der Waals surface area contributed by atoms with E-state index in [9.17, 15) is 4.79 Å². The molecule has 0 radical (unpaired) electrons. The number of amides is 1. The number of aryl methyl sites for hydroxylation is 1. The zero-order valence-corrected chi connectivity index (χ0v) is 22.6. The number of fused-ring (bicyclic) bond motifs is 1. The monoisotopic (exact) mass is 521 g/mol. The third-order valence-electron chi connectivity index (χ3n) is 7.59. The van der Waals surface area contributed by atoms with Gasteiger partial charge in [0.25, 0.3) is 0 Å². The summed E-state index contributed by atoms with van der Waals surface area (Å²) < 4.78 is 7.74. The van der Waals surface area contributed by atoms with E-state index in [2.05, 4.69) is 26.6 Å². The first-order valence-corrected chi connectivity index (χ1v) is 13.6. The summed E-state index contributed by atoms with van der Waals surface area (Å²) in [6.45, 7) is 9.20. The minimum Gasteiger partial charge on any atom is -0.495 e. The number of ether oxygens (including phenoxy) is 1. The van der Waals surface area contributed by atoms with Gasteiger partial charge >= 0.3 is 0 Å². The van der Waals surface area contributed by atoms with Crippen LogP contribution in [0.3, 0.4) is 0 Å². The van der Waals surface area contributed by atoms with E-state index < -0.39 is 0 Å². The Hall–Kier alpha value is -3.03. The Labute approximate surface area is 224 Å². The largest absolute Gasteiger partial charge is 0.495 e. The number of para-hydroxylation sites is 2. The molecule has 7 nitrogen and oxygen atoms in total. The number of hydrogen-bond donors (Lipinski definition) is 0. The predicted molar refractivity (Wildman–Crippen MR) is 148 cm³/mol. The first-order chi connectivity index (χ1) is 18.0. The van der Waals surface area contributed by atoms with Crippen LogP contribution < -0.4 is 9.64 Å². The zero-order chi connectivity index (χ0) is 25.8. The molecule has 37 heavy (non-hydrogen) atoms. The maximum Gasteiger partial charge on any atom is 0.219 e. The van der Waals surface area contributed by atoms with Crippen molar-refractivity contribution < 1.29 is 9.53 Å². The summed E-state index contributed by atoms with van der Waals surface area (Å²) in [7, 11) is 1.74. The van der Waals surface area contributed by atoms with Gasteiger partial charge in [-0.1, -0.05) is 35.9 Å². The fraction of sp³-hybridized carbons (Fsp3) is 0.448. The highest BCUT2D eigenvalue weighted by Crippen LogP contribution is 2.31. The molecule has 2 aliphatic rings. The van der Waals surface area contributed by atoms with E-state index in [1.807, 2.05) is 41.3 Å². The minimum atomic E-state index is 0.117. The average molecular weight is 522 g/mol. The third kappa shape index (κ3) is 5.78. The van der Waals surface area contributed by atoms with Gasteiger partial charge in [0, 0.05) is 81.0 Å². The van der Waals surface area contributed by atoms with Crippen molar-refractivity contribution in [1.29, 1.82) is 0 Å². The molecule has 0 atom stereocenters. The van der Waals surface area contributed by atoms with Gasteiger partial charge in [-0.25, -0.2) is 0 Å². The highest BCUT2D eigenvalue weighted by Gasteiger charge is 2.27. The van der Waals surface area contributed by atoms with Crippen LogP contribution in [0, 0.1) is 0 Å². The van der Waals surface area contributed by atoms with Crippen molar-refractivity contribution >= 4 is 23.2 Å². The summed E-state index contributed by atoms with van der Waals surface area (Å²) in [5, 5.41) is 5.75. The molecule has 0 aliphatic carbocycles. The average Bonchev–Trinajstić information content (AvgIpc) is 3.29. The number of carbonyl (C=O) groups excluding carboxylic acids is 1. The number of aromatic nitrogens is 2. The van der Waals surface area contributed by atoms with Crippen LogP contribution in [0.4, 0.5) is 5.69 Å². The number of unbranched alkanes of at least 4 members (excludes halogenated alkanes) is 1. The molecular weight excluding hydrogens is 486 g/mol. The van der Waals surface area contributed by atoms with Crippen molar-refractivity contribution in [3.05, 3.63) is 64.8 Å². The molecule has 3 heterocycles. The second-order valence-electron chi connectivity index (χ2n) is 9.90. The lowest BCUT2D eigenvalue weighted by Gasteiger charge is -2.36. The molecule has 2 aliphatic heterocycles. The molecule has 0 unspecified atom stereocenters. The van der Waals surface area contributed by atoms with Gasteiger partial charge in [0.15, 0.2) is 0 Å². The Morgan fingerprint density at radius 1 is 0.973 bits per heavy atom. The van der Waals surface area contributed by atoms with Crippen LogP contribution in [0.5, 0.6) is 5.75 Å². The Morgan fingerprint density at radius 2 is 1.70 bits per heavy atom. The summed E-state index contributed by atoms with van der Waals surface area (Å²) in [6, 6.07) is 16.1. The molecule has 8 heteroatoms. The molecule has 196 valence electrons. The number of halogens is 1. The second kappa shape index (κ2) is 11.6. The molecule has 0 bridgehead atoms. The van der Waals surface area contributed by atoms with Gasteiger partial charge < -0.3 is 14.5 Å². The molecule has 5 rings (SSSR count). The number of hydrogen-bond acceptors (Lipinski definition) is 5. The van der Waals surface area contributed by atoms with Crippen LogP contribution in [0.1, 0.15) is 31.0 Å². The highest BCUT2D eigenvalue weighted by molar-refractivity contribution is 6.30. The van der Waals surface area contributed by atoms with E-state index >= 15 is 0 Å². The number of rotatable bonds is 8. The number of methoxy groups -OCH3 is 1. The summed E-state index contributed by atoms with van der Waals surface area (Å²) in [5.74, 6) is 1.06. The number of nitrogens with zero attached hydrogens (tertiary/aromatic N) is 5. The number of benzene rings is 2. The molecule has 1 aromatic heterocycles. The van der Waals surface area contributed by atoms with Crippen molar-refractivity contribution in [1.82, 2.24) is 19.6 Å². The molecule has 1 fully saturated rings. The molecule has 0 N–H and O–H groups in total. The molecule has 1 amide bonds. The van der Waals surface area contributed by atoms with Crippen LogP contribution >= 0.6 is 11.6 Å². The van der Waals surface area contributed by atoms with E-state index in [1.165, 1.54) is 16.9 Å². The fourth-order valence-corrected chi connectivity index (χ4v) is 5.61. The molecule has 0 saturated carbocycles. The van der Waals surface area contributed by atoms with Crippen LogP contribution in [0.2, 0.25) is 5.02 Å². The maximum absolute atomic E-state index is 12.1. The molecule has 1 saturated heterocycles. The topological polar surface area (TPSA) is 53.8 Å². The van der Waals surface area contributed by atoms with Crippen LogP contribution in [0.15, 0.2) is 48.5 Å². The molecule has 0 spiro atoms. The van der Waals surface area contributed by atoms with E-state index in [0.29, 0.717) is 11.6 Å². The molecular formula is C29H36ClN5O2. The van der Waals surface area contributed by atoms with Crippen LogP contribution in [0.25, 0.3) is 11.3 Å².